The first-order valence-electron chi connectivity index (χ1n) is 14.5. The minimum absolute atomic E-state index is 0.0149. The summed E-state index contributed by atoms with van der Waals surface area (Å²) in [4.78, 5) is 39.8. The van der Waals surface area contributed by atoms with Crippen molar-refractivity contribution < 1.29 is 45.8 Å². The number of benzene rings is 3. The number of nitrogens with zero attached hydrogens (tertiary/aromatic N) is 1. The molecule has 3 aromatic carbocycles. The zero-order valence-electron chi connectivity index (χ0n) is 26.4. The molecule has 1 aliphatic rings. The van der Waals surface area contributed by atoms with Crippen LogP contribution < -0.4 is 25.8 Å². The van der Waals surface area contributed by atoms with E-state index in [0.717, 1.165) is 6.07 Å². The third-order valence-corrected chi connectivity index (χ3v) is 10.1. The summed E-state index contributed by atoms with van der Waals surface area (Å²) >= 11 is 0. The van der Waals surface area contributed by atoms with E-state index in [1.165, 1.54) is 64.3 Å². The van der Waals surface area contributed by atoms with Crippen LogP contribution in [-0.4, -0.2) is 64.3 Å². The number of halogens is 2. The molecule has 47 heavy (non-hydrogen) atoms. The van der Waals surface area contributed by atoms with Gasteiger partial charge in [-0.1, -0.05) is 6.07 Å². The van der Waals surface area contributed by atoms with Crippen molar-refractivity contribution >= 4 is 39.1 Å². The summed E-state index contributed by atoms with van der Waals surface area (Å²) in [5.74, 6) is -3.39. The normalized spacial score (nSPS) is 15.2. The van der Waals surface area contributed by atoms with Gasteiger partial charge in [-0.25, -0.2) is 22.0 Å². The van der Waals surface area contributed by atoms with Crippen LogP contribution in [0.3, 0.4) is 0 Å². The number of amides is 3. The molecule has 3 aromatic rings. The summed E-state index contributed by atoms with van der Waals surface area (Å²) in [6, 6.07) is 8.12. The number of primary amides is 1. The Morgan fingerprint density at radius 2 is 1.66 bits per heavy atom. The molecule has 0 radical (unpaired) electrons. The summed E-state index contributed by atoms with van der Waals surface area (Å²) in [5, 5.41) is 4.53. The fraction of sp³-hybridized carbons (Fsp3) is 0.344. The molecule has 3 amide bonds. The van der Waals surface area contributed by atoms with Gasteiger partial charge in [0, 0.05) is 18.3 Å². The second kappa shape index (κ2) is 14.2. The number of carbonyl (C=O) groups is 3. The van der Waals surface area contributed by atoms with Gasteiger partial charge in [-0.15, -0.1) is 0 Å². The SMILES string of the molecule is COC(=O)Nc1ccc(S(=O)(=O)C(C)C)c([C@H]2CCCN2C(=O)[C@@H](Nc2cc(C(N)=O)c(F)cc2F)c2ccc(OC)c(OC)c2)c1. The standard InChI is InChI=1S/C32H36F2N4O8S/c1-17(2)47(42,43)28-11-9-19(36-32(41)46-5)14-21(28)25-7-6-12-38(25)31(40)29(18-8-10-26(44-3)27(13-18)45-4)37-24-15-20(30(35)39)22(33)16-23(24)34/h8-11,13-17,25,29,37H,6-7,12H2,1-5H3,(H2,35,39)(H,36,41)/t25-,29+/m1/s1. The van der Waals surface area contributed by atoms with Crippen LogP contribution in [0.5, 0.6) is 11.5 Å². The van der Waals surface area contributed by atoms with Crippen molar-refractivity contribution in [2.75, 3.05) is 38.5 Å². The van der Waals surface area contributed by atoms with E-state index in [9.17, 15) is 27.2 Å². The fourth-order valence-electron chi connectivity index (χ4n) is 5.41. The van der Waals surface area contributed by atoms with Crippen molar-refractivity contribution in [3.63, 3.8) is 0 Å². The molecule has 1 fully saturated rings. The Bertz CT molecular complexity index is 1800. The molecule has 252 valence electrons. The third-order valence-electron chi connectivity index (χ3n) is 7.87. The Hall–Kier alpha value is -4.92. The lowest BCUT2D eigenvalue weighted by molar-refractivity contribution is -0.133. The average molecular weight is 675 g/mol. The maximum absolute atomic E-state index is 15.1. The van der Waals surface area contributed by atoms with Crippen molar-refractivity contribution in [2.45, 2.75) is 48.9 Å². The van der Waals surface area contributed by atoms with E-state index < -0.39 is 62.3 Å². The Morgan fingerprint density at radius 1 is 0.957 bits per heavy atom. The van der Waals surface area contributed by atoms with Crippen LogP contribution >= 0.6 is 0 Å². The number of likely N-dealkylation sites (tertiary alicyclic amines) is 1. The summed E-state index contributed by atoms with van der Waals surface area (Å²) < 4.78 is 71.9. The van der Waals surface area contributed by atoms with Crippen LogP contribution in [0.1, 0.15) is 60.3 Å². The number of ether oxygens (including phenoxy) is 3. The largest absolute Gasteiger partial charge is 0.493 e. The quantitative estimate of drug-likeness (QED) is 0.255. The average Bonchev–Trinajstić information content (AvgIpc) is 3.53. The van der Waals surface area contributed by atoms with Gasteiger partial charge in [-0.2, -0.15) is 0 Å². The van der Waals surface area contributed by atoms with E-state index in [0.29, 0.717) is 30.2 Å². The zero-order chi connectivity index (χ0) is 34.6. The predicted octanol–water partition coefficient (Wildman–Crippen LogP) is 4.96. The highest BCUT2D eigenvalue weighted by atomic mass is 32.2. The summed E-state index contributed by atoms with van der Waals surface area (Å²) in [6.07, 6.45) is 0.0783. The second-order valence-corrected chi connectivity index (χ2v) is 13.5. The van der Waals surface area contributed by atoms with E-state index in [1.807, 2.05) is 0 Å². The summed E-state index contributed by atoms with van der Waals surface area (Å²) in [7, 11) is 0.146. The zero-order valence-corrected chi connectivity index (χ0v) is 27.2. The van der Waals surface area contributed by atoms with Crippen molar-refractivity contribution in [1.29, 1.82) is 0 Å². The molecule has 0 aliphatic carbocycles. The molecule has 1 aliphatic heterocycles. The fourth-order valence-corrected chi connectivity index (χ4v) is 6.70. The maximum Gasteiger partial charge on any atom is 0.411 e. The Labute approximate surface area is 271 Å². The molecule has 1 saturated heterocycles. The number of sulfone groups is 1. The van der Waals surface area contributed by atoms with Crippen molar-refractivity contribution in [2.24, 2.45) is 5.73 Å². The molecule has 15 heteroatoms. The smallest absolute Gasteiger partial charge is 0.411 e. The Morgan fingerprint density at radius 3 is 2.28 bits per heavy atom. The number of hydrogen-bond donors (Lipinski definition) is 3. The maximum atomic E-state index is 15.1. The van der Waals surface area contributed by atoms with Gasteiger partial charge < -0.3 is 30.2 Å². The number of hydrogen-bond acceptors (Lipinski definition) is 9. The number of anilines is 2. The molecule has 0 spiro atoms. The van der Waals surface area contributed by atoms with Gasteiger partial charge in [0.25, 0.3) is 5.91 Å². The van der Waals surface area contributed by atoms with Gasteiger partial charge in [0.1, 0.15) is 17.7 Å². The first-order valence-corrected chi connectivity index (χ1v) is 16.1. The van der Waals surface area contributed by atoms with Gasteiger partial charge in [-0.05, 0) is 74.2 Å². The molecule has 0 bridgehead atoms. The highest BCUT2D eigenvalue weighted by Gasteiger charge is 2.38. The molecule has 0 unspecified atom stereocenters. The van der Waals surface area contributed by atoms with Crippen LogP contribution in [0.15, 0.2) is 53.4 Å². The second-order valence-electron chi connectivity index (χ2n) is 11.0. The topological polar surface area (TPSA) is 166 Å². The minimum atomic E-state index is -3.86. The number of methoxy groups -OCH3 is 3. The van der Waals surface area contributed by atoms with Gasteiger partial charge >= 0.3 is 6.09 Å². The number of carbonyl (C=O) groups excluding carboxylic acids is 3. The van der Waals surface area contributed by atoms with Gasteiger partial charge in [0.2, 0.25) is 5.91 Å². The highest BCUT2D eigenvalue weighted by Crippen LogP contribution is 2.41. The number of nitrogens with one attached hydrogen (secondary N) is 2. The van der Waals surface area contributed by atoms with Crippen LogP contribution in [0, 0.1) is 11.6 Å². The third kappa shape index (κ3) is 7.24. The van der Waals surface area contributed by atoms with Crippen LogP contribution in [0.25, 0.3) is 0 Å². The van der Waals surface area contributed by atoms with Crippen molar-refractivity contribution in [3.05, 3.63) is 76.9 Å². The molecule has 12 nitrogen and oxygen atoms in total. The van der Waals surface area contributed by atoms with Crippen molar-refractivity contribution in [1.82, 2.24) is 4.90 Å². The monoisotopic (exact) mass is 674 g/mol. The van der Waals surface area contributed by atoms with Crippen LogP contribution in [-0.2, 0) is 19.4 Å². The van der Waals surface area contributed by atoms with Gasteiger partial charge in [0.15, 0.2) is 21.3 Å². The van der Waals surface area contributed by atoms with E-state index in [4.69, 9.17) is 15.2 Å². The lowest BCUT2D eigenvalue weighted by Crippen LogP contribution is -2.38. The lowest BCUT2D eigenvalue weighted by Gasteiger charge is -2.32. The van der Waals surface area contributed by atoms with Crippen LogP contribution in [0.2, 0.25) is 0 Å². The molecule has 1 heterocycles. The first-order chi connectivity index (χ1) is 22.2. The lowest BCUT2D eigenvalue weighted by atomic mass is 10.00. The van der Waals surface area contributed by atoms with E-state index in [-0.39, 0.29) is 34.1 Å². The number of nitrogens with two attached hydrogens (primary N) is 1. The molecular weight excluding hydrogens is 638 g/mol. The Kier molecular flexibility index (Phi) is 10.6. The van der Waals surface area contributed by atoms with E-state index >= 15 is 4.39 Å². The number of rotatable bonds is 11. The minimum Gasteiger partial charge on any atom is -0.493 e. The molecule has 4 rings (SSSR count). The van der Waals surface area contributed by atoms with Gasteiger partial charge in [0.05, 0.1) is 48.8 Å². The molecule has 2 atom stereocenters. The van der Waals surface area contributed by atoms with Gasteiger partial charge in [-0.3, -0.25) is 14.9 Å². The first kappa shape index (κ1) is 34.9. The molecule has 4 N–H and O–H groups in total. The highest BCUT2D eigenvalue weighted by molar-refractivity contribution is 7.92. The van der Waals surface area contributed by atoms with Crippen molar-refractivity contribution in [3.8, 4) is 11.5 Å². The summed E-state index contributed by atoms with van der Waals surface area (Å²) in [6.45, 7) is 3.26. The summed E-state index contributed by atoms with van der Waals surface area (Å²) in [5.41, 5.74) is 5.13. The van der Waals surface area contributed by atoms with Crippen LogP contribution in [0.4, 0.5) is 25.0 Å². The molecular formula is C32H36F2N4O8S. The predicted molar refractivity (Wildman–Crippen MR) is 169 cm³/mol. The van der Waals surface area contributed by atoms with E-state index in [1.54, 1.807) is 12.1 Å². The molecule has 0 aromatic heterocycles. The Balaban J connectivity index is 1.86. The molecule has 0 saturated carbocycles. The van der Waals surface area contributed by atoms with E-state index in [2.05, 4.69) is 15.4 Å².